The van der Waals surface area contributed by atoms with Crippen molar-refractivity contribution in [2.75, 3.05) is 26.3 Å². The standard InChI is InChI=1S/C21H26N2O2/c1-17(22-20(24)16-18-8-4-2-5-9-18)21(19-10-6-3-7-11-19)23-12-14-25-15-13-23/h2-11,17,21H,12-16H2,1H3,(H,22,24)/p+1/t17-,21+/m0/s1. The molecule has 1 aliphatic rings. The van der Waals surface area contributed by atoms with Gasteiger partial charge in [-0.3, -0.25) is 4.79 Å². The summed E-state index contributed by atoms with van der Waals surface area (Å²) in [5, 5.41) is 3.22. The lowest BCUT2D eigenvalue weighted by Gasteiger charge is -2.35. The summed E-state index contributed by atoms with van der Waals surface area (Å²) in [4.78, 5) is 14.0. The molecule has 2 N–H and O–H groups in total. The number of quaternary nitrogens is 1. The van der Waals surface area contributed by atoms with Gasteiger partial charge in [0.25, 0.3) is 0 Å². The van der Waals surface area contributed by atoms with Crippen LogP contribution in [0.4, 0.5) is 0 Å². The van der Waals surface area contributed by atoms with Gasteiger partial charge in [0.1, 0.15) is 19.1 Å². The van der Waals surface area contributed by atoms with Crippen LogP contribution in [0.25, 0.3) is 0 Å². The summed E-state index contributed by atoms with van der Waals surface area (Å²) in [7, 11) is 0. The van der Waals surface area contributed by atoms with Crippen LogP contribution in [0.3, 0.4) is 0 Å². The zero-order valence-corrected chi connectivity index (χ0v) is 14.8. The Kier molecular flexibility index (Phi) is 6.20. The van der Waals surface area contributed by atoms with E-state index < -0.39 is 0 Å². The maximum absolute atomic E-state index is 12.5. The molecule has 1 saturated heterocycles. The van der Waals surface area contributed by atoms with Crippen molar-refractivity contribution in [2.24, 2.45) is 0 Å². The average Bonchev–Trinajstić information content (AvgIpc) is 2.64. The molecule has 3 rings (SSSR count). The third kappa shape index (κ3) is 4.91. The van der Waals surface area contributed by atoms with Gasteiger partial charge in [0.05, 0.1) is 25.7 Å². The number of hydrogen-bond acceptors (Lipinski definition) is 2. The molecule has 0 aromatic heterocycles. The van der Waals surface area contributed by atoms with E-state index in [1.165, 1.54) is 10.5 Å². The summed E-state index contributed by atoms with van der Waals surface area (Å²) in [6.45, 7) is 5.62. The molecule has 0 spiro atoms. The molecule has 4 heteroatoms. The lowest BCUT2D eigenvalue weighted by atomic mass is 9.97. The predicted molar refractivity (Wildman–Crippen MR) is 98.4 cm³/mol. The van der Waals surface area contributed by atoms with Crippen molar-refractivity contribution in [2.45, 2.75) is 25.4 Å². The van der Waals surface area contributed by atoms with Crippen LogP contribution in [0.1, 0.15) is 24.1 Å². The average molecular weight is 339 g/mol. The molecule has 4 nitrogen and oxygen atoms in total. The first-order valence-electron chi connectivity index (χ1n) is 9.04. The summed E-state index contributed by atoms with van der Waals surface area (Å²) in [5.41, 5.74) is 2.31. The van der Waals surface area contributed by atoms with Gasteiger partial charge in [0.2, 0.25) is 5.91 Å². The second kappa shape index (κ2) is 8.79. The highest BCUT2D eigenvalue weighted by molar-refractivity contribution is 5.78. The van der Waals surface area contributed by atoms with Gasteiger partial charge in [-0.15, -0.1) is 0 Å². The Morgan fingerprint density at radius 1 is 1.04 bits per heavy atom. The van der Waals surface area contributed by atoms with E-state index in [1.807, 2.05) is 36.4 Å². The van der Waals surface area contributed by atoms with Crippen LogP contribution in [0.5, 0.6) is 0 Å². The molecule has 1 fully saturated rings. The van der Waals surface area contributed by atoms with E-state index in [0.717, 1.165) is 31.9 Å². The van der Waals surface area contributed by atoms with Crippen LogP contribution < -0.4 is 10.2 Å². The molecule has 2 aromatic carbocycles. The number of morpholine rings is 1. The number of nitrogens with one attached hydrogen (secondary N) is 2. The number of hydrogen-bond donors (Lipinski definition) is 2. The van der Waals surface area contributed by atoms with Crippen molar-refractivity contribution in [3.63, 3.8) is 0 Å². The Morgan fingerprint density at radius 2 is 1.64 bits per heavy atom. The van der Waals surface area contributed by atoms with Crippen molar-refractivity contribution in [1.82, 2.24) is 5.32 Å². The molecule has 1 amide bonds. The number of carbonyl (C=O) groups excluding carboxylic acids is 1. The number of carbonyl (C=O) groups is 1. The number of rotatable bonds is 6. The van der Waals surface area contributed by atoms with E-state index in [9.17, 15) is 4.79 Å². The molecule has 0 saturated carbocycles. The van der Waals surface area contributed by atoms with Crippen LogP contribution in [0.15, 0.2) is 60.7 Å². The molecule has 0 unspecified atom stereocenters. The molecule has 1 heterocycles. The summed E-state index contributed by atoms with van der Waals surface area (Å²) in [6.07, 6.45) is 0.422. The smallest absolute Gasteiger partial charge is 0.224 e. The van der Waals surface area contributed by atoms with E-state index in [0.29, 0.717) is 6.42 Å². The first-order chi connectivity index (χ1) is 12.2. The lowest BCUT2D eigenvalue weighted by Crippen LogP contribution is -3.15. The molecule has 0 radical (unpaired) electrons. The molecule has 0 aliphatic carbocycles. The van der Waals surface area contributed by atoms with E-state index >= 15 is 0 Å². The topological polar surface area (TPSA) is 42.8 Å². The second-order valence-electron chi connectivity index (χ2n) is 6.68. The van der Waals surface area contributed by atoms with Crippen LogP contribution in [-0.4, -0.2) is 38.3 Å². The van der Waals surface area contributed by atoms with Gasteiger partial charge >= 0.3 is 0 Å². The van der Waals surface area contributed by atoms with Gasteiger partial charge in [-0.25, -0.2) is 0 Å². The van der Waals surface area contributed by atoms with Crippen molar-refractivity contribution >= 4 is 5.91 Å². The fourth-order valence-electron chi connectivity index (χ4n) is 3.65. The summed E-state index contributed by atoms with van der Waals surface area (Å²) < 4.78 is 5.52. The first kappa shape index (κ1) is 17.6. The Hall–Kier alpha value is -2.17. The molecule has 132 valence electrons. The highest BCUT2D eigenvalue weighted by atomic mass is 16.5. The van der Waals surface area contributed by atoms with E-state index in [-0.39, 0.29) is 18.0 Å². The van der Waals surface area contributed by atoms with Gasteiger partial charge in [-0.1, -0.05) is 60.7 Å². The quantitative estimate of drug-likeness (QED) is 0.835. The van der Waals surface area contributed by atoms with Gasteiger partial charge in [0.15, 0.2) is 0 Å². The van der Waals surface area contributed by atoms with E-state index in [4.69, 9.17) is 4.74 Å². The van der Waals surface area contributed by atoms with Gasteiger partial charge in [-0.05, 0) is 12.5 Å². The van der Waals surface area contributed by atoms with Crippen molar-refractivity contribution in [3.8, 4) is 0 Å². The summed E-state index contributed by atoms with van der Waals surface area (Å²) >= 11 is 0. The fraction of sp³-hybridized carbons (Fsp3) is 0.381. The van der Waals surface area contributed by atoms with Crippen LogP contribution in [0, 0.1) is 0 Å². The van der Waals surface area contributed by atoms with Crippen molar-refractivity contribution in [3.05, 3.63) is 71.8 Å². The minimum absolute atomic E-state index is 0.0618. The van der Waals surface area contributed by atoms with Gasteiger partial charge in [-0.2, -0.15) is 0 Å². The zero-order valence-electron chi connectivity index (χ0n) is 14.8. The molecule has 2 atom stereocenters. The fourth-order valence-corrected chi connectivity index (χ4v) is 3.65. The number of amides is 1. The third-order valence-electron chi connectivity index (χ3n) is 4.83. The van der Waals surface area contributed by atoms with Crippen molar-refractivity contribution < 1.29 is 14.4 Å². The predicted octanol–water partition coefficient (Wildman–Crippen LogP) is 1.39. The number of benzene rings is 2. The van der Waals surface area contributed by atoms with Crippen LogP contribution in [0.2, 0.25) is 0 Å². The van der Waals surface area contributed by atoms with E-state index in [1.54, 1.807) is 0 Å². The second-order valence-corrected chi connectivity index (χ2v) is 6.68. The molecule has 25 heavy (non-hydrogen) atoms. The largest absolute Gasteiger partial charge is 0.370 e. The molecule has 1 aliphatic heterocycles. The first-order valence-corrected chi connectivity index (χ1v) is 9.04. The minimum Gasteiger partial charge on any atom is -0.370 e. The Labute approximate surface area is 149 Å². The molecular weight excluding hydrogens is 312 g/mol. The highest BCUT2D eigenvalue weighted by Crippen LogP contribution is 2.14. The monoisotopic (exact) mass is 339 g/mol. The highest BCUT2D eigenvalue weighted by Gasteiger charge is 2.32. The summed E-state index contributed by atoms with van der Waals surface area (Å²) in [6, 6.07) is 20.7. The van der Waals surface area contributed by atoms with Crippen molar-refractivity contribution in [1.29, 1.82) is 0 Å². The number of ether oxygens (including phenoxy) is 1. The maximum atomic E-state index is 12.5. The Bertz CT molecular complexity index is 654. The van der Waals surface area contributed by atoms with Crippen LogP contribution in [-0.2, 0) is 16.0 Å². The Balaban J connectivity index is 1.70. The molecule has 2 aromatic rings. The third-order valence-corrected chi connectivity index (χ3v) is 4.83. The molecule has 0 bridgehead atoms. The maximum Gasteiger partial charge on any atom is 0.224 e. The van der Waals surface area contributed by atoms with Gasteiger partial charge < -0.3 is 15.0 Å². The lowest BCUT2D eigenvalue weighted by molar-refractivity contribution is -0.940. The normalized spacial score (nSPS) is 17.6. The van der Waals surface area contributed by atoms with Gasteiger partial charge in [0, 0.05) is 5.56 Å². The zero-order chi connectivity index (χ0) is 17.5. The molecular formula is C21H27N2O2+. The van der Waals surface area contributed by atoms with Crippen LogP contribution >= 0.6 is 0 Å². The Morgan fingerprint density at radius 3 is 2.28 bits per heavy atom. The minimum atomic E-state index is 0.0618. The van der Waals surface area contributed by atoms with E-state index in [2.05, 4.69) is 36.5 Å². The SMILES string of the molecule is C[C@H](NC(=O)Cc1ccccc1)[C@H](c1ccccc1)[NH+]1CCOCC1. The summed E-state index contributed by atoms with van der Waals surface area (Å²) in [5.74, 6) is 0.0762.